The van der Waals surface area contributed by atoms with Crippen molar-refractivity contribution in [3.63, 3.8) is 0 Å². The number of nitrogens with zero attached hydrogens (tertiary/aromatic N) is 3. The molecule has 0 aromatic heterocycles. The molecule has 0 amide bonds. The van der Waals surface area contributed by atoms with E-state index in [2.05, 4.69) is 10.0 Å². The molecule has 5 nitrogen and oxygen atoms in total. The molecule has 0 saturated carbocycles. The molecule has 0 aliphatic carbocycles. The fourth-order valence-corrected chi connectivity index (χ4v) is 1.26. The average Bonchev–Trinajstić information content (AvgIpc) is 2.25. The van der Waals surface area contributed by atoms with E-state index in [1.54, 1.807) is 0 Å². The van der Waals surface area contributed by atoms with Gasteiger partial charge in [0.05, 0.1) is 19.8 Å². The number of azide groups is 1. The quantitative estimate of drug-likeness (QED) is 0.470. The molecular weight excluding hydrogens is 201 g/mol. The number of methoxy groups -OCH3 is 1. The summed E-state index contributed by atoms with van der Waals surface area (Å²) in [5.41, 5.74) is 8.61. The Morgan fingerprint density at radius 1 is 1.67 bits per heavy atom. The first kappa shape index (κ1) is 11.3. The Morgan fingerprint density at radius 3 is 2.93 bits per heavy atom. The molecule has 80 valence electrons. The van der Waals surface area contributed by atoms with Crippen molar-refractivity contribution in [1.29, 1.82) is 0 Å². The van der Waals surface area contributed by atoms with Crippen LogP contribution in [0.1, 0.15) is 11.6 Å². The van der Waals surface area contributed by atoms with E-state index in [1.165, 1.54) is 25.3 Å². The Kier molecular flexibility index (Phi) is 3.91. The van der Waals surface area contributed by atoms with E-state index in [1.807, 2.05) is 0 Å². The smallest absolute Gasteiger partial charge is 0.165 e. The van der Waals surface area contributed by atoms with Gasteiger partial charge in [0, 0.05) is 10.5 Å². The SMILES string of the molecule is COc1c(F)cccc1C(CO)N=[N+]=[N-]. The van der Waals surface area contributed by atoms with Crippen molar-refractivity contribution in [3.8, 4) is 5.75 Å². The molecule has 15 heavy (non-hydrogen) atoms. The number of benzene rings is 1. The zero-order chi connectivity index (χ0) is 11.3. The van der Waals surface area contributed by atoms with Gasteiger partial charge in [0.2, 0.25) is 0 Å². The summed E-state index contributed by atoms with van der Waals surface area (Å²) in [4.78, 5) is 2.58. The number of aliphatic hydroxyl groups is 1. The molecule has 1 rings (SSSR count). The maximum Gasteiger partial charge on any atom is 0.165 e. The van der Waals surface area contributed by atoms with Crippen LogP contribution in [0.5, 0.6) is 5.75 Å². The Morgan fingerprint density at radius 2 is 2.40 bits per heavy atom. The third kappa shape index (κ3) is 2.37. The van der Waals surface area contributed by atoms with Crippen molar-refractivity contribution in [2.24, 2.45) is 5.11 Å². The summed E-state index contributed by atoms with van der Waals surface area (Å²) >= 11 is 0. The number of para-hydroxylation sites is 1. The van der Waals surface area contributed by atoms with E-state index in [0.29, 0.717) is 5.56 Å². The van der Waals surface area contributed by atoms with Gasteiger partial charge in [0.25, 0.3) is 0 Å². The lowest BCUT2D eigenvalue weighted by Gasteiger charge is -2.13. The van der Waals surface area contributed by atoms with E-state index in [-0.39, 0.29) is 5.75 Å². The summed E-state index contributed by atoms with van der Waals surface area (Å²) in [7, 11) is 1.31. The predicted octanol–water partition coefficient (Wildman–Crippen LogP) is 2.18. The molecule has 0 aliphatic heterocycles. The topological polar surface area (TPSA) is 78.2 Å². The van der Waals surface area contributed by atoms with E-state index >= 15 is 0 Å². The van der Waals surface area contributed by atoms with Crippen LogP contribution in [0.4, 0.5) is 4.39 Å². The van der Waals surface area contributed by atoms with Crippen molar-refractivity contribution in [2.75, 3.05) is 13.7 Å². The van der Waals surface area contributed by atoms with Gasteiger partial charge < -0.3 is 9.84 Å². The zero-order valence-electron chi connectivity index (χ0n) is 8.09. The van der Waals surface area contributed by atoms with Crippen molar-refractivity contribution in [2.45, 2.75) is 6.04 Å². The van der Waals surface area contributed by atoms with Crippen LogP contribution in [0.2, 0.25) is 0 Å². The third-order valence-corrected chi connectivity index (χ3v) is 1.92. The molecule has 0 fully saturated rings. The second-order valence-corrected chi connectivity index (χ2v) is 2.77. The Hall–Kier alpha value is -1.78. The van der Waals surface area contributed by atoms with Gasteiger partial charge in [-0.05, 0) is 11.6 Å². The average molecular weight is 211 g/mol. The molecule has 0 bridgehead atoms. The van der Waals surface area contributed by atoms with E-state index in [4.69, 9.17) is 15.4 Å². The fourth-order valence-electron chi connectivity index (χ4n) is 1.26. The fraction of sp³-hybridized carbons (Fsp3) is 0.333. The highest BCUT2D eigenvalue weighted by Gasteiger charge is 2.16. The minimum Gasteiger partial charge on any atom is -0.493 e. The van der Waals surface area contributed by atoms with Crippen molar-refractivity contribution in [1.82, 2.24) is 0 Å². The monoisotopic (exact) mass is 211 g/mol. The summed E-state index contributed by atoms with van der Waals surface area (Å²) in [5, 5.41) is 12.3. The minimum atomic E-state index is -0.833. The number of hydrogen-bond donors (Lipinski definition) is 1. The Bertz CT molecular complexity index is 391. The molecule has 0 spiro atoms. The Balaban J connectivity index is 3.21. The first-order chi connectivity index (χ1) is 7.24. The molecule has 0 radical (unpaired) electrons. The largest absolute Gasteiger partial charge is 0.493 e. The van der Waals surface area contributed by atoms with Crippen LogP contribution in [0.25, 0.3) is 10.4 Å². The number of hydrogen-bond acceptors (Lipinski definition) is 3. The summed E-state index contributed by atoms with van der Waals surface area (Å²) in [6, 6.07) is 3.40. The summed E-state index contributed by atoms with van der Waals surface area (Å²) in [5.74, 6) is -0.564. The second kappa shape index (κ2) is 5.19. The normalized spacial score (nSPS) is 11.7. The van der Waals surface area contributed by atoms with Crippen LogP contribution in [-0.4, -0.2) is 18.8 Å². The van der Waals surface area contributed by atoms with Crippen LogP contribution in [0, 0.1) is 5.82 Å². The molecule has 0 heterocycles. The van der Waals surface area contributed by atoms with Gasteiger partial charge in [-0.1, -0.05) is 17.2 Å². The highest BCUT2D eigenvalue weighted by atomic mass is 19.1. The van der Waals surface area contributed by atoms with Crippen molar-refractivity contribution in [3.05, 3.63) is 40.0 Å². The van der Waals surface area contributed by atoms with Gasteiger partial charge in [0.15, 0.2) is 11.6 Å². The van der Waals surface area contributed by atoms with E-state index in [9.17, 15) is 4.39 Å². The molecular formula is C9H10FN3O2. The standard InChI is InChI=1S/C9H10FN3O2/c1-15-9-6(3-2-4-7(9)10)8(5-14)12-13-11/h2-4,8,14H,5H2,1H3. The summed E-state index contributed by atoms with van der Waals surface area (Å²) in [6.07, 6.45) is 0. The van der Waals surface area contributed by atoms with E-state index < -0.39 is 18.5 Å². The second-order valence-electron chi connectivity index (χ2n) is 2.77. The number of ether oxygens (including phenoxy) is 1. The predicted molar refractivity (Wildman–Crippen MR) is 51.9 cm³/mol. The molecule has 0 aliphatic rings. The third-order valence-electron chi connectivity index (χ3n) is 1.92. The molecule has 1 unspecified atom stereocenters. The molecule has 6 heteroatoms. The Labute approximate surface area is 85.7 Å². The van der Waals surface area contributed by atoms with Crippen LogP contribution in [0.15, 0.2) is 23.3 Å². The summed E-state index contributed by atoms with van der Waals surface area (Å²) < 4.78 is 18.1. The first-order valence-electron chi connectivity index (χ1n) is 4.22. The van der Waals surface area contributed by atoms with Crippen molar-refractivity contribution < 1.29 is 14.2 Å². The van der Waals surface area contributed by atoms with Gasteiger partial charge in [-0.25, -0.2) is 4.39 Å². The van der Waals surface area contributed by atoms with Gasteiger partial charge >= 0.3 is 0 Å². The lowest BCUT2D eigenvalue weighted by atomic mass is 10.1. The molecule has 1 aromatic rings. The zero-order valence-corrected chi connectivity index (χ0v) is 8.09. The van der Waals surface area contributed by atoms with Crippen LogP contribution in [-0.2, 0) is 0 Å². The number of rotatable bonds is 4. The molecule has 0 saturated heterocycles. The highest BCUT2D eigenvalue weighted by Crippen LogP contribution is 2.29. The lowest BCUT2D eigenvalue weighted by molar-refractivity contribution is 0.263. The van der Waals surface area contributed by atoms with Gasteiger partial charge in [-0.2, -0.15) is 0 Å². The first-order valence-corrected chi connectivity index (χ1v) is 4.22. The molecule has 1 atom stereocenters. The highest BCUT2D eigenvalue weighted by molar-refractivity contribution is 5.37. The lowest BCUT2D eigenvalue weighted by Crippen LogP contribution is -2.04. The summed E-state index contributed by atoms with van der Waals surface area (Å²) in [6.45, 7) is -0.399. The van der Waals surface area contributed by atoms with Crippen LogP contribution < -0.4 is 4.74 Å². The molecule has 1 N–H and O–H groups in total. The van der Waals surface area contributed by atoms with Crippen LogP contribution in [0.3, 0.4) is 0 Å². The van der Waals surface area contributed by atoms with Gasteiger partial charge in [-0.15, -0.1) is 0 Å². The minimum absolute atomic E-state index is 0.0102. The van der Waals surface area contributed by atoms with Gasteiger partial charge in [-0.3, -0.25) is 0 Å². The number of halogens is 1. The van der Waals surface area contributed by atoms with Gasteiger partial charge in [0.1, 0.15) is 0 Å². The number of aliphatic hydroxyl groups excluding tert-OH is 1. The maximum absolute atomic E-state index is 13.2. The van der Waals surface area contributed by atoms with Crippen molar-refractivity contribution >= 4 is 0 Å². The maximum atomic E-state index is 13.2. The van der Waals surface area contributed by atoms with E-state index in [0.717, 1.165) is 0 Å². The van der Waals surface area contributed by atoms with Crippen LogP contribution >= 0.6 is 0 Å². The molecule has 1 aromatic carbocycles.